The molecule has 0 saturated carbocycles. The molecule has 1 saturated heterocycles. The Labute approximate surface area is 102 Å². The first-order valence-corrected chi connectivity index (χ1v) is 5.84. The van der Waals surface area contributed by atoms with Crippen LogP contribution in [0.5, 0.6) is 0 Å². The molecule has 3 amide bonds. The third kappa shape index (κ3) is 3.98. The van der Waals surface area contributed by atoms with Crippen LogP contribution in [0.3, 0.4) is 0 Å². The van der Waals surface area contributed by atoms with Crippen molar-refractivity contribution in [3.8, 4) is 0 Å². The Morgan fingerprint density at radius 2 is 2.12 bits per heavy atom. The molecule has 17 heavy (non-hydrogen) atoms. The van der Waals surface area contributed by atoms with E-state index >= 15 is 0 Å². The van der Waals surface area contributed by atoms with Gasteiger partial charge in [0, 0.05) is 26.2 Å². The fourth-order valence-corrected chi connectivity index (χ4v) is 2.05. The van der Waals surface area contributed by atoms with Crippen molar-refractivity contribution >= 4 is 11.9 Å². The highest BCUT2D eigenvalue weighted by molar-refractivity contribution is 5.95. The van der Waals surface area contributed by atoms with Crippen molar-refractivity contribution in [2.24, 2.45) is 11.1 Å². The van der Waals surface area contributed by atoms with Gasteiger partial charge >= 0.3 is 6.03 Å². The lowest BCUT2D eigenvalue weighted by Gasteiger charge is -2.42. The molecule has 1 aliphatic heterocycles. The fourth-order valence-electron chi connectivity index (χ4n) is 2.05. The van der Waals surface area contributed by atoms with Gasteiger partial charge in [0.15, 0.2) is 0 Å². The summed E-state index contributed by atoms with van der Waals surface area (Å²) in [5, 5.41) is 4.60. The van der Waals surface area contributed by atoms with E-state index in [2.05, 4.69) is 24.5 Å². The van der Waals surface area contributed by atoms with E-state index in [1.807, 2.05) is 4.90 Å². The lowest BCUT2D eigenvalue weighted by atomic mass is 9.80. The van der Waals surface area contributed by atoms with Gasteiger partial charge in [-0.3, -0.25) is 15.0 Å². The highest BCUT2D eigenvalue weighted by atomic mass is 16.2. The van der Waals surface area contributed by atoms with E-state index in [-0.39, 0.29) is 23.9 Å². The zero-order valence-corrected chi connectivity index (χ0v) is 10.7. The van der Waals surface area contributed by atoms with Gasteiger partial charge in [0.05, 0.1) is 6.54 Å². The first-order valence-electron chi connectivity index (χ1n) is 5.84. The van der Waals surface area contributed by atoms with E-state index in [9.17, 15) is 9.59 Å². The van der Waals surface area contributed by atoms with Gasteiger partial charge in [0.2, 0.25) is 5.91 Å². The minimum absolute atomic E-state index is 0.00550. The van der Waals surface area contributed by atoms with Crippen LogP contribution >= 0.6 is 0 Å². The smallest absolute Gasteiger partial charge is 0.321 e. The molecule has 0 aromatic carbocycles. The molecule has 1 aliphatic rings. The number of hydrogen-bond donors (Lipinski definition) is 3. The fraction of sp³-hybridized carbons (Fsp3) is 0.818. The molecule has 0 bridgehead atoms. The minimum atomic E-state index is -0.469. The summed E-state index contributed by atoms with van der Waals surface area (Å²) in [6.07, 6.45) is 0.875. The molecule has 0 spiro atoms. The summed E-state index contributed by atoms with van der Waals surface area (Å²) in [7, 11) is 1.48. The Kier molecular flexibility index (Phi) is 4.47. The van der Waals surface area contributed by atoms with E-state index in [1.54, 1.807) is 0 Å². The average molecular weight is 242 g/mol. The summed E-state index contributed by atoms with van der Waals surface area (Å²) in [5.74, 6) is -0.282. The van der Waals surface area contributed by atoms with Crippen LogP contribution in [0.15, 0.2) is 0 Å². The number of nitrogens with two attached hydrogens (primary N) is 1. The number of imide groups is 1. The number of likely N-dealkylation sites (tertiary alicyclic amines) is 1. The number of piperidine rings is 1. The molecule has 0 aliphatic carbocycles. The van der Waals surface area contributed by atoms with Crippen molar-refractivity contribution in [2.75, 3.05) is 26.7 Å². The van der Waals surface area contributed by atoms with Crippen LogP contribution in [-0.2, 0) is 4.79 Å². The van der Waals surface area contributed by atoms with Crippen LogP contribution < -0.4 is 16.4 Å². The van der Waals surface area contributed by atoms with Crippen molar-refractivity contribution in [2.45, 2.75) is 26.3 Å². The molecule has 1 fully saturated rings. The lowest BCUT2D eigenvalue weighted by molar-refractivity contribution is -0.122. The summed E-state index contributed by atoms with van der Waals surface area (Å²) < 4.78 is 0. The molecule has 4 N–H and O–H groups in total. The lowest BCUT2D eigenvalue weighted by Crippen LogP contribution is -2.54. The number of nitrogens with zero attached hydrogens (tertiary/aromatic N) is 1. The number of carbonyl (C=O) groups is 2. The van der Waals surface area contributed by atoms with E-state index in [0.29, 0.717) is 0 Å². The molecule has 0 aromatic heterocycles. The summed E-state index contributed by atoms with van der Waals surface area (Å²) in [4.78, 5) is 24.5. The van der Waals surface area contributed by atoms with Gasteiger partial charge in [-0.05, 0) is 11.8 Å². The second-order valence-corrected chi connectivity index (χ2v) is 5.22. The number of hydrogen-bond acceptors (Lipinski definition) is 4. The second-order valence-electron chi connectivity index (χ2n) is 5.22. The Bertz CT molecular complexity index is 304. The highest BCUT2D eigenvalue weighted by Gasteiger charge is 2.33. The molecule has 1 rings (SSSR count). The molecular formula is C11H22N4O2. The quantitative estimate of drug-likeness (QED) is 0.609. The molecule has 6 nitrogen and oxygen atoms in total. The zero-order chi connectivity index (χ0) is 13.1. The number of urea groups is 1. The number of rotatable bonds is 2. The van der Waals surface area contributed by atoms with E-state index in [0.717, 1.165) is 19.5 Å². The third-order valence-corrected chi connectivity index (χ3v) is 3.24. The first kappa shape index (κ1) is 13.9. The molecule has 98 valence electrons. The van der Waals surface area contributed by atoms with Crippen LogP contribution in [0.4, 0.5) is 4.79 Å². The predicted octanol–water partition coefficient (Wildman–Crippen LogP) is -0.499. The van der Waals surface area contributed by atoms with Crippen LogP contribution in [-0.4, -0.2) is 49.6 Å². The first-order chi connectivity index (χ1) is 7.85. The van der Waals surface area contributed by atoms with E-state index in [1.165, 1.54) is 7.05 Å². The largest absolute Gasteiger partial charge is 0.341 e. The molecule has 6 heteroatoms. The topological polar surface area (TPSA) is 87.5 Å². The molecule has 0 aromatic rings. The number of carbonyl (C=O) groups excluding carboxylic acids is 2. The predicted molar refractivity (Wildman–Crippen MR) is 65.4 cm³/mol. The van der Waals surface area contributed by atoms with Gasteiger partial charge in [-0.25, -0.2) is 4.79 Å². The van der Waals surface area contributed by atoms with Gasteiger partial charge < -0.3 is 11.1 Å². The Morgan fingerprint density at radius 1 is 1.47 bits per heavy atom. The van der Waals surface area contributed by atoms with Crippen LogP contribution in [0.25, 0.3) is 0 Å². The maximum Gasteiger partial charge on any atom is 0.321 e. The maximum absolute atomic E-state index is 11.5. The normalized spacial score (nSPS) is 24.1. The standard InChI is InChI=1S/C11H22N4O2/c1-11(2)7-15(5-4-8(11)12)6-9(16)14-10(17)13-3/h8H,4-7,12H2,1-3H3,(H2,13,14,16,17). The Morgan fingerprint density at radius 3 is 2.65 bits per heavy atom. The maximum atomic E-state index is 11.5. The van der Waals surface area contributed by atoms with E-state index in [4.69, 9.17) is 5.73 Å². The average Bonchev–Trinajstić information content (AvgIpc) is 2.22. The number of nitrogens with one attached hydrogen (secondary N) is 2. The van der Waals surface area contributed by atoms with Crippen molar-refractivity contribution in [1.82, 2.24) is 15.5 Å². The monoisotopic (exact) mass is 242 g/mol. The molecule has 1 atom stereocenters. The summed E-state index contributed by atoms with van der Waals surface area (Å²) in [6, 6.07) is -0.302. The minimum Gasteiger partial charge on any atom is -0.341 e. The van der Waals surface area contributed by atoms with Crippen LogP contribution in [0, 0.1) is 5.41 Å². The van der Waals surface area contributed by atoms with Crippen LogP contribution in [0.1, 0.15) is 20.3 Å². The van der Waals surface area contributed by atoms with Gasteiger partial charge in [0.1, 0.15) is 0 Å². The molecule has 0 radical (unpaired) electrons. The van der Waals surface area contributed by atoms with Gasteiger partial charge in [-0.15, -0.1) is 0 Å². The van der Waals surface area contributed by atoms with Crippen molar-refractivity contribution in [3.05, 3.63) is 0 Å². The Hall–Kier alpha value is -1.14. The molecule has 1 heterocycles. The molecule has 1 unspecified atom stereocenters. The van der Waals surface area contributed by atoms with Crippen molar-refractivity contribution in [1.29, 1.82) is 0 Å². The van der Waals surface area contributed by atoms with Crippen LogP contribution in [0.2, 0.25) is 0 Å². The van der Waals surface area contributed by atoms with E-state index < -0.39 is 6.03 Å². The molecular weight excluding hydrogens is 220 g/mol. The summed E-state index contributed by atoms with van der Waals surface area (Å²) in [6.45, 7) is 6.01. The van der Waals surface area contributed by atoms with Gasteiger partial charge in [0.25, 0.3) is 0 Å². The Balaban J connectivity index is 2.43. The van der Waals surface area contributed by atoms with Gasteiger partial charge in [-0.1, -0.05) is 13.8 Å². The highest BCUT2D eigenvalue weighted by Crippen LogP contribution is 2.27. The van der Waals surface area contributed by atoms with Crippen molar-refractivity contribution in [3.63, 3.8) is 0 Å². The van der Waals surface area contributed by atoms with Crippen molar-refractivity contribution < 1.29 is 9.59 Å². The third-order valence-electron chi connectivity index (χ3n) is 3.24. The zero-order valence-electron chi connectivity index (χ0n) is 10.7. The number of amides is 3. The summed E-state index contributed by atoms with van der Waals surface area (Å²) in [5.41, 5.74) is 6.02. The van der Waals surface area contributed by atoms with Gasteiger partial charge in [-0.2, -0.15) is 0 Å². The SMILES string of the molecule is CNC(=O)NC(=O)CN1CCC(N)C(C)(C)C1. The second kappa shape index (κ2) is 5.46. The summed E-state index contributed by atoms with van der Waals surface area (Å²) >= 11 is 0.